The average Bonchev–Trinajstić information content (AvgIpc) is 2.24. The highest BCUT2D eigenvalue weighted by molar-refractivity contribution is 5.83. The summed E-state index contributed by atoms with van der Waals surface area (Å²) in [6.45, 7) is 9.52. The van der Waals surface area contributed by atoms with Crippen molar-refractivity contribution in [1.82, 2.24) is 10.6 Å². The van der Waals surface area contributed by atoms with Gasteiger partial charge in [-0.15, -0.1) is 0 Å². The summed E-state index contributed by atoms with van der Waals surface area (Å²) in [5.41, 5.74) is 0. The van der Waals surface area contributed by atoms with Crippen LogP contribution >= 0.6 is 0 Å². The molecular weight excluding hydrogens is 220 g/mol. The van der Waals surface area contributed by atoms with Gasteiger partial charge in [0, 0.05) is 6.04 Å². The monoisotopic (exact) mass is 244 g/mol. The van der Waals surface area contributed by atoms with Crippen molar-refractivity contribution in [3.8, 4) is 0 Å². The summed E-state index contributed by atoms with van der Waals surface area (Å²) in [6, 6.07) is -0.746. The minimum absolute atomic E-state index is 0.0921. The predicted octanol–water partition coefficient (Wildman–Crippen LogP) is 0.831. The molecule has 2 N–H and O–H groups in total. The first kappa shape index (κ1) is 15.9. The summed E-state index contributed by atoms with van der Waals surface area (Å²) in [6.07, 6.45) is 0.595. The maximum atomic E-state index is 11.7. The summed E-state index contributed by atoms with van der Waals surface area (Å²) in [4.78, 5) is 23.2. The van der Waals surface area contributed by atoms with E-state index in [1.165, 1.54) is 0 Å². The Morgan fingerprint density at radius 2 is 1.76 bits per heavy atom. The zero-order valence-electron chi connectivity index (χ0n) is 11.4. The zero-order valence-corrected chi connectivity index (χ0v) is 11.4. The van der Waals surface area contributed by atoms with Crippen molar-refractivity contribution in [3.63, 3.8) is 0 Å². The number of carbonyl (C=O) groups excluding carboxylic acids is 2. The molecule has 0 saturated carbocycles. The lowest BCUT2D eigenvalue weighted by molar-refractivity contribution is -0.146. The molecule has 0 aliphatic rings. The van der Waals surface area contributed by atoms with Gasteiger partial charge >= 0.3 is 5.97 Å². The molecule has 17 heavy (non-hydrogen) atoms. The molecule has 0 bridgehead atoms. The molecular formula is C12H24N2O3. The van der Waals surface area contributed by atoms with Crippen LogP contribution in [0.15, 0.2) is 0 Å². The number of esters is 1. The lowest BCUT2D eigenvalue weighted by Crippen LogP contribution is -2.50. The summed E-state index contributed by atoms with van der Waals surface area (Å²) in [5, 5.41) is 5.76. The molecule has 0 fully saturated rings. The van der Waals surface area contributed by atoms with Crippen molar-refractivity contribution in [3.05, 3.63) is 0 Å². The van der Waals surface area contributed by atoms with E-state index in [1.54, 1.807) is 13.8 Å². The Morgan fingerprint density at radius 3 is 2.18 bits per heavy atom. The lowest BCUT2D eigenvalue weighted by Gasteiger charge is -2.21. The molecule has 0 heterocycles. The largest absolute Gasteiger partial charge is 0.465 e. The third-order valence-electron chi connectivity index (χ3n) is 2.25. The first-order chi connectivity index (χ1) is 7.92. The van der Waals surface area contributed by atoms with Gasteiger partial charge in [0.15, 0.2) is 0 Å². The molecule has 0 saturated heterocycles. The Kier molecular flexibility index (Phi) is 7.54. The van der Waals surface area contributed by atoms with Gasteiger partial charge in [0.25, 0.3) is 0 Å². The van der Waals surface area contributed by atoms with Gasteiger partial charge in [-0.1, -0.05) is 6.92 Å². The summed E-state index contributed by atoms with van der Waals surface area (Å²) >= 11 is 0. The Morgan fingerprint density at radius 1 is 1.18 bits per heavy atom. The van der Waals surface area contributed by atoms with Crippen molar-refractivity contribution in [2.24, 2.45) is 0 Å². The van der Waals surface area contributed by atoms with Crippen LogP contribution in [0.1, 0.15) is 41.0 Å². The highest BCUT2D eigenvalue weighted by Gasteiger charge is 2.23. The van der Waals surface area contributed by atoms with E-state index in [0.717, 1.165) is 0 Å². The fourth-order valence-electron chi connectivity index (χ4n) is 1.38. The van der Waals surface area contributed by atoms with Gasteiger partial charge in [0.2, 0.25) is 5.91 Å². The van der Waals surface area contributed by atoms with E-state index in [1.807, 2.05) is 20.8 Å². The van der Waals surface area contributed by atoms with Crippen LogP contribution in [0.25, 0.3) is 0 Å². The normalized spacial score (nSPS) is 14.2. The van der Waals surface area contributed by atoms with Crippen LogP contribution in [0, 0.1) is 0 Å². The van der Waals surface area contributed by atoms with Crippen molar-refractivity contribution in [2.45, 2.75) is 59.2 Å². The first-order valence-electron chi connectivity index (χ1n) is 6.15. The molecule has 0 aromatic rings. The van der Waals surface area contributed by atoms with Gasteiger partial charge in [-0.2, -0.15) is 0 Å². The molecule has 0 aromatic carbocycles. The molecule has 100 valence electrons. The molecule has 0 aliphatic heterocycles. The number of nitrogens with one attached hydrogen (secondary N) is 2. The second-order valence-electron chi connectivity index (χ2n) is 4.26. The minimum Gasteiger partial charge on any atom is -0.465 e. The Labute approximate surface area is 103 Å². The maximum Gasteiger partial charge on any atom is 0.323 e. The third-order valence-corrected chi connectivity index (χ3v) is 2.25. The van der Waals surface area contributed by atoms with E-state index < -0.39 is 12.1 Å². The number of amides is 1. The number of hydrogen-bond donors (Lipinski definition) is 2. The van der Waals surface area contributed by atoms with Gasteiger partial charge in [-0.25, -0.2) is 0 Å². The van der Waals surface area contributed by atoms with Crippen LogP contribution in [0.3, 0.4) is 0 Å². The van der Waals surface area contributed by atoms with E-state index in [9.17, 15) is 9.59 Å². The smallest absolute Gasteiger partial charge is 0.323 e. The van der Waals surface area contributed by atoms with E-state index in [2.05, 4.69) is 10.6 Å². The van der Waals surface area contributed by atoms with E-state index >= 15 is 0 Å². The second-order valence-corrected chi connectivity index (χ2v) is 4.26. The number of hydrogen-bond acceptors (Lipinski definition) is 4. The second kappa shape index (κ2) is 8.06. The van der Waals surface area contributed by atoms with Gasteiger partial charge in [0.05, 0.1) is 12.6 Å². The zero-order chi connectivity index (χ0) is 13.4. The summed E-state index contributed by atoms with van der Waals surface area (Å²) in [5.74, 6) is -0.415. The molecule has 0 radical (unpaired) electrons. The molecule has 0 rings (SSSR count). The van der Waals surface area contributed by atoms with Gasteiger partial charge in [-0.3, -0.25) is 14.9 Å². The Bertz CT molecular complexity index is 254. The highest BCUT2D eigenvalue weighted by Crippen LogP contribution is 1.98. The Hall–Kier alpha value is -1.10. The number of ether oxygens (including phenoxy) is 1. The van der Waals surface area contributed by atoms with Crippen molar-refractivity contribution >= 4 is 11.9 Å². The molecule has 2 unspecified atom stereocenters. The molecule has 0 aromatic heterocycles. The predicted molar refractivity (Wildman–Crippen MR) is 66.6 cm³/mol. The SMILES string of the molecule is CCOC(=O)C(CC)NC(C)C(=O)NC(C)C. The highest BCUT2D eigenvalue weighted by atomic mass is 16.5. The van der Waals surface area contributed by atoms with E-state index in [4.69, 9.17) is 4.74 Å². The molecule has 0 spiro atoms. The van der Waals surface area contributed by atoms with E-state index in [0.29, 0.717) is 13.0 Å². The van der Waals surface area contributed by atoms with E-state index in [-0.39, 0.29) is 17.9 Å². The van der Waals surface area contributed by atoms with Crippen LogP contribution < -0.4 is 10.6 Å². The van der Waals surface area contributed by atoms with Gasteiger partial charge in [-0.05, 0) is 34.1 Å². The van der Waals surface area contributed by atoms with Gasteiger partial charge < -0.3 is 10.1 Å². The molecule has 0 aliphatic carbocycles. The topological polar surface area (TPSA) is 67.4 Å². The fourth-order valence-corrected chi connectivity index (χ4v) is 1.38. The minimum atomic E-state index is -0.428. The van der Waals surface area contributed by atoms with Crippen LogP contribution in [0.2, 0.25) is 0 Å². The van der Waals surface area contributed by atoms with Crippen LogP contribution in [-0.4, -0.2) is 36.6 Å². The van der Waals surface area contributed by atoms with Crippen molar-refractivity contribution < 1.29 is 14.3 Å². The van der Waals surface area contributed by atoms with Crippen molar-refractivity contribution in [2.75, 3.05) is 6.61 Å². The van der Waals surface area contributed by atoms with Crippen LogP contribution in [0.5, 0.6) is 0 Å². The molecule has 5 nitrogen and oxygen atoms in total. The van der Waals surface area contributed by atoms with Crippen molar-refractivity contribution in [1.29, 1.82) is 0 Å². The average molecular weight is 244 g/mol. The summed E-state index contributed by atoms with van der Waals surface area (Å²) in [7, 11) is 0. The molecule has 2 atom stereocenters. The Balaban J connectivity index is 4.27. The fraction of sp³-hybridized carbons (Fsp3) is 0.833. The number of carbonyl (C=O) groups is 2. The van der Waals surface area contributed by atoms with Gasteiger partial charge in [0.1, 0.15) is 6.04 Å². The molecule has 1 amide bonds. The quantitative estimate of drug-likeness (QED) is 0.651. The molecule has 5 heteroatoms. The summed E-state index contributed by atoms with van der Waals surface area (Å²) < 4.78 is 4.92. The standard InChI is InChI=1S/C12H24N2O3/c1-6-10(12(16)17-7-2)14-9(5)11(15)13-8(3)4/h8-10,14H,6-7H2,1-5H3,(H,13,15). The first-order valence-corrected chi connectivity index (χ1v) is 6.15. The van der Waals surface area contributed by atoms with Crippen LogP contribution in [-0.2, 0) is 14.3 Å². The third kappa shape index (κ3) is 6.26. The van der Waals surface area contributed by atoms with Crippen LogP contribution in [0.4, 0.5) is 0 Å². The maximum absolute atomic E-state index is 11.7. The lowest BCUT2D eigenvalue weighted by atomic mass is 10.2. The number of rotatable bonds is 7.